The van der Waals surface area contributed by atoms with Crippen molar-refractivity contribution in [1.29, 1.82) is 0 Å². The van der Waals surface area contributed by atoms with Crippen molar-refractivity contribution < 1.29 is 0 Å². The number of benzene rings is 2. The second-order valence-corrected chi connectivity index (χ2v) is 3.36. The fourth-order valence-electron chi connectivity index (χ4n) is 1.87. The van der Waals surface area contributed by atoms with Crippen molar-refractivity contribution in [3.05, 3.63) is 48.0 Å². The minimum Gasteiger partial charge on any atom is -0.256 e. The highest BCUT2D eigenvalue weighted by Crippen LogP contribution is 2.30. The molecule has 0 bridgehead atoms. The molecule has 66 valence electrons. The van der Waals surface area contributed by atoms with Crippen LogP contribution in [-0.4, -0.2) is 6.21 Å². The van der Waals surface area contributed by atoms with E-state index in [9.17, 15) is 0 Å². The summed E-state index contributed by atoms with van der Waals surface area (Å²) in [6, 6.07) is 12.5. The third-order valence-electron chi connectivity index (χ3n) is 2.49. The minimum atomic E-state index is 1.06. The molecule has 1 nitrogen and oxygen atoms in total. The van der Waals surface area contributed by atoms with Gasteiger partial charge in [0, 0.05) is 11.6 Å². The fraction of sp³-hybridized carbons (Fsp3) is 0. The highest BCUT2D eigenvalue weighted by atomic mass is 14.7. The van der Waals surface area contributed by atoms with E-state index in [1.165, 1.54) is 16.3 Å². The summed E-state index contributed by atoms with van der Waals surface area (Å²) < 4.78 is 0. The average molecular weight is 179 g/mol. The van der Waals surface area contributed by atoms with Crippen LogP contribution in [0, 0.1) is 0 Å². The number of nitrogens with zero attached hydrogens (tertiary/aromatic N) is 1. The van der Waals surface area contributed by atoms with E-state index in [4.69, 9.17) is 0 Å². The predicted octanol–water partition coefficient (Wildman–Crippen LogP) is 3.57. The van der Waals surface area contributed by atoms with Gasteiger partial charge in [0.1, 0.15) is 0 Å². The molecular formula is C13H9N. The first kappa shape index (κ1) is 7.51. The van der Waals surface area contributed by atoms with Crippen LogP contribution < -0.4 is 0 Å². The van der Waals surface area contributed by atoms with Gasteiger partial charge in [-0.3, -0.25) is 4.99 Å². The van der Waals surface area contributed by atoms with Crippen LogP contribution in [0.3, 0.4) is 0 Å². The Morgan fingerprint density at radius 3 is 2.71 bits per heavy atom. The van der Waals surface area contributed by atoms with Crippen LogP contribution >= 0.6 is 0 Å². The molecule has 1 heteroatoms. The highest BCUT2D eigenvalue weighted by Gasteiger charge is 2.03. The van der Waals surface area contributed by atoms with Crippen LogP contribution in [0.15, 0.2) is 47.5 Å². The van der Waals surface area contributed by atoms with Gasteiger partial charge < -0.3 is 0 Å². The van der Waals surface area contributed by atoms with E-state index >= 15 is 0 Å². The van der Waals surface area contributed by atoms with E-state index in [0.29, 0.717) is 0 Å². The lowest BCUT2D eigenvalue weighted by molar-refractivity contribution is 1.59. The first-order valence-corrected chi connectivity index (χ1v) is 4.68. The van der Waals surface area contributed by atoms with Crippen LogP contribution in [0.2, 0.25) is 0 Å². The molecule has 0 unspecified atom stereocenters. The Labute approximate surface area is 82.4 Å². The van der Waals surface area contributed by atoms with Crippen molar-refractivity contribution in [2.75, 3.05) is 0 Å². The van der Waals surface area contributed by atoms with E-state index in [-0.39, 0.29) is 0 Å². The second-order valence-electron chi connectivity index (χ2n) is 3.36. The molecule has 0 N–H and O–H groups in total. The topological polar surface area (TPSA) is 12.4 Å². The molecule has 2 aromatic carbocycles. The molecule has 0 aromatic heterocycles. The average Bonchev–Trinajstić information content (AvgIpc) is 2.44. The Morgan fingerprint density at radius 2 is 1.79 bits per heavy atom. The summed E-state index contributed by atoms with van der Waals surface area (Å²) in [7, 11) is 0. The second kappa shape index (κ2) is 2.81. The maximum absolute atomic E-state index is 4.39. The Kier molecular flexibility index (Phi) is 1.51. The third kappa shape index (κ3) is 0.990. The summed E-state index contributed by atoms with van der Waals surface area (Å²) in [6.45, 7) is 0. The van der Waals surface area contributed by atoms with Crippen LogP contribution in [0.5, 0.6) is 0 Å². The van der Waals surface area contributed by atoms with Gasteiger partial charge in [-0.1, -0.05) is 36.4 Å². The normalized spacial score (nSPS) is 13.1. The number of allylic oxidation sites excluding steroid dienone is 1. The lowest BCUT2D eigenvalue weighted by Gasteiger charge is -2.03. The van der Waals surface area contributed by atoms with Gasteiger partial charge in [-0.15, -0.1) is 0 Å². The van der Waals surface area contributed by atoms with Gasteiger partial charge >= 0.3 is 0 Å². The Bertz CT molecular complexity index is 503. The Morgan fingerprint density at radius 1 is 0.929 bits per heavy atom. The van der Waals surface area contributed by atoms with Crippen molar-refractivity contribution in [3.8, 4) is 0 Å². The number of rotatable bonds is 0. The molecule has 0 saturated carbocycles. The van der Waals surface area contributed by atoms with Gasteiger partial charge in [0.25, 0.3) is 0 Å². The molecular weight excluding hydrogens is 170 g/mol. The van der Waals surface area contributed by atoms with Crippen LogP contribution in [-0.2, 0) is 0 Å². The molecule has 1 heterocycles. The van der Waals surface area contributed by atoms with E-state index in [1.54, 1.807) is 0 Å². The van der Waals surface area contributed by atoms with Gasteiger partial charge in [0.2, 0.25) is 0 Å². The maximum Gasteiger partial charge on any atom is 0.0713 e. The summed E-state index contributed by atoms with van der Waals surface area (Å²) in [4.78, 5) is 4.39. The molecule has 1 aliphatic rings. The standard InChI is InChI=1S/C13H9N/c1-4-10-6-2-8-12-13(10)11(5-1)7-3-9-14-12/h1-9H. The van der Waals surface area contributed by atoms with Crippen molar-refractivity contribution in [2.45, 2.75) is 0 Å². The minimum absolute atomic E-state index is 1.06. The van der Waals surface area contributed by atoms with Gasteiger partial charge in [-0.2, -0.15) is 0 Å². The van der Waals surface area contributed by atoms with Crippen molar-refractivity contribution in [1.82, 2.24) is 0 Å². The van der Waals surface area contributed by atoms with Gasteiger partial charge in [-0.25, -0.2) is 0 Å². The largest absolute Gasteiger partial charge is 0.256 e. The monoisotopic (exact) mass is 179 g/mol. The van der Waals surface area contributed by atoms with Crippen LogP contribution in [0.1, 0.15) is 5.56 Å². The number of aliphatic imine (C=N–C) groups is 1. The number of hydrogen-bond donors (Lipinski definition) is 0. The summed E-state index contributed by atoms with van der Waals surface area (Å²) in [6.07, 6.45) is 5.92. The molecule has 1 aliphatic heterocycles. The van der Waals surface area contributed by atoms with Gasteiger partial charge in [0.15, 0.2) is 0 Å². The summed E-state index contributed by atoms with van der Waals surface area (Å²) in [5, 5.41) is 2.50. The zero-order valence-electron chi connectivity index (χ0n) is 7.64. The Hall–Kier alpha value is -1.89. The van der Waals surface area contributed by atoms with E-state index in [1.807, 2.05) is 18.4 Å². The van der Waals surface area contributed by atoms with Gasteiger partial charge in [-0.05, 0) is 23.1 Å². The first-order valence-electron chi connectivity index (χ1n) is 4.68. The molecule has 0 amide bonds. The smallest absolute Gasteiger partial charge is 0.0713 e. The molecule has 0 atom stereocenters. The number of hydrogen-bond acceptors (Lipinski definition) is 1. The predicted molar refractivity (Wildman–Crippen MR) is 61.1 cm³/mol. The molecule has 0 saturated heterocycles. The fourth-order valence-corrected chi connectivity index (χ4v) is 1.87. The quantitative estimate of drug-likeness (QED) is 0.586. The third-order valence-corrected chi connectivity index (χ3v) is 2.49. The zero-order chi connectivity index (χ0) is 9.38. The van der Waals surface area contributed by atoms with E-state index in [0.717, 1.165) is 5.69 Å². The summed E-state index contributed by atoms with van der Waals surface area (Å²) >= 11 is 0. The van der Waals surface area contributed by atoms with E-state index < -0.39 is 0 Å². The molecule has 0 aliphatic carbocycles. The summed E-state index contributed by atoms with van der Waals surface area (Å²) in [5.41, 5.74) is 2.30. The molecule has 2 aromatic rings. The SMILES string of the molecule is C1=Cc2cccc3cccc(c23)N=C1. The van der Waals surface area contributed by atoms with Crippen LogP contribution in [0.4, 0.5) is 5.69 Å². The van der Waals surface area contributed by atoms with Gasteiger partial charge in [0.05, 0.1) is 5.69 Å². The van der Waals surface area contributed by atoms with Crippen molar-refractivity contribution in [3.63, 3.8) is 0 Å². The molecule has 3 rings (SSSR count). The van der Waals surface area contributed by atoms with Crippen LogP contribution in [0.25, 0.3) is 16.8 Å². The van der Waals surface area contributed by atoms with E-state index in [2.05, 4.69) is 41.4 Å². The molecule has 0 spiro atoms. The summed E-state index contributed by atoms with van der Waals surface area (Å²) in [5.74, 6) is 0. The zero-order valence-corrected chi connectivity index (χ0v) is 7.64. The van der Waals surface area contributed by atoms with Crippen molar-refractivity contribution in [2.24, 2.45) is 4.99 Å². The first-order chi connectivity index (χ1) is 6.95. The lowest BCUT2D eigenvalue weighted by Crippen LogP contribution is -1.77. The molecule has 0 fully saturated rings. The highest BCUT2D eigenvalue weighted by molar-refractivity contribution is 6.03. The molecule has 0 radical (unpaired) electrons. The maximum atomic E-state index is 4.39. The Balaban J connectivity index is 2.56. The molecule has 14 heavy (non-hydrogen) atoms. The van der Waals surface area contributed by atoms with Crippen molar-refractivity contribution >= 4 is 28.8 Å². The lowest BCUT2D eigenvalue weighted by atomic mass is 10.0.